The van der Waals surface area contributed by atoms with Gasteiger partial charge in [0.25, 0.3) is 0 Å². The van der Waals surface area contributed by atoms with Crippen LogP contribution in [0.3, 0.4) is 0 Å². The Labute approximate surface area is 81.5 Å². The van der Waals surface area contributed by atoms with E-state index in [-0.39, 0.29) is 0 Å². The van der Waals surface area contributed by atoms with Crippen LogP contribution >= 0.6 is 0 Å². The van der Waals surface area contributed by atoms with Crippen molar-refractivity contribution in [3.8, 4) is 6.07 Å². The van der Waals surface area contributed by atoms with Gasteiger partial charge in [0.15, 0.2) is 0 Å². The molecule has 1 fully saturated rings. The summed E-state index contributed by atoms with van der Waals surface area (Å²) in [5.74, 6) is 0.976. The number of hydrogen-bond acceptors (Lipinski definition) is 2. The Bertz CT molecular complexity index is 165. The molecule has 0 N–H and O–H groups in total. The highest BCUT2D eigenvalue weighted by Crippen LogP contribution is 2.27. The highest BCUT2D eigenvalue weighted by molar-refractivity contribution is 4.72. The Morgan fingerprint density at radius 3 is 2.62 bits per heavy atom. The van der Waals surface area contributed by atoms with E-state index in [2.05, 4.69) is 18.0 Å². The van der Waals surface area contributed by atoms with Gasteiger partial charge in [-0.15, -0.1) is 0 Å². The van der Waals surface area contributed by atoms with Gasteiger partial charge >= 0.3 is 0 Å². The third kappa shape index (κ3) is 4.28. The Hall–Kier alpha value is -0.550. The van der Waals surface area contributed by atoms with Gasteiger partial charge in [0.1, 0.15) is 0 Å². The molecular weight excluding hydrogens is 160 g/mol. The molecule has 0 unspecified atom stereocenters. The monoisotopic (exact) mass is 180 g/mol. The molecule has 0 amide bonds. The first-order valence-corrected chi connectivity index (χ1v) is 5.38. The highest BCUT2D eigenvalue weighted by Gasteiger charge is 2.14. The first-order chi connectivity index (χ1) is 6.33. The largest absolute Gasteiger partial charge is 0.305 e. The lowest BCUT2D eigenvalue weighted by Gasteiger charge is -2.17. The maximum atomic E-state index is 8.42. The third-order valence-corrected chi connectivity index (χ3v) is 3.00. The average molecular weight is 180 g/mol. The highest BCUT2D eigenvalue weighted by atomic mass is 15.1. The predicted octanol–water partition coefficient (Wildman–Crippen LogP) is 2.41. The molecule has 2 heteroatoms. The third-order valence-electron chi connectivity index (χ3n) is 3.00. The molecule has 0 aromatic carbocycles. The summed E-state index contributed by atoms with van der Waals surface area (Å²) in [4.78, 5) is 2.28. The second-order valence-corrected chi connectivity index (χ2v) is 4.15. The van der Waals surface area contributed by atoms with E-state index < -0.39 is 0 Å². The summed E-state index contributed by atoms with van der Waals surface area (Å²) in [6.45, 7) is 2.11. The van der Waals surface area contributed by atoms with E-state index in [1.807, 2.05) is 0 Å². The maximum absolute atomic E-state index is 8.42. The topological polar surface area (TPSA) is 27.0 Å². The minimum atomic E-state index is 0.668. The van der Waals surface area contributed by atoms with E-state index in [1.165, 1.54) is 38.6 Å². The molecule has 74 valence electrons. The molecule has 1 aliphatic carbocycles. The Kier molecular flexibility index (Phi) is 4.85. The van der Waals surface area contributed by atoms with Crippen molar-refractivity contribution in [2.24, 2.45) is 5.92 Å². The van der Waals surface area contributed by atoms with Crippen LogP contribution in [0, 0.1) is 17.2 Å². The van der Waals surface area contributed by atoms with Crippen molar-refractivity contribution in [2.75, 3.05) is 20.1 Å². The van der Waals surface area contributed by atoms with Gasteiger partial charge in [0.2, 0.25) is 0 Å². The zero-order chi connectivity index (χ0) is 9.52. The van der Waals surface area contributed by atoms with Crippen molar-refractivity contribution in [3.05, 3.63) is 0 Å². The Balaban J connectivity index is 2.00. The van der Waals surface area contributed by atoms with Crippen LogP contribution in [-0.4, -0.2) is 25.0 Å². The van der Waals surface area contributed by atoms with Gasteiger partial charge in [-0.2, -0.15) is 5.26 Å². The first kappa shape index (κ1) is 10.5. The van der Waals surface area contributed by atoms with Crippen LogP contribution < -0.4 is 0 Å². The van der Waals surface area contributed by atoms with Gasteiger partial charge in [0.05, 0.1) is 6.07 Å². The standard InChI is InChI=1S/C11H20N2/c1-13(9-4-8-12)10-7-11-5-2-3-6-11/h11H,2-7,9-10H2,1H3. The lowest BCUT2D eigenvalue weighted by atomic mass is 10.0. The van der Waals surface area contributed by atoms with E-state index in [0.717, 1.165) is 12.5 Å². The number of hydrogen-bond donors (Lipinski definition) is 0. The predicted molar refractivity (Wildman–Crippen MR) is 54.3 cm³/mol. The van der Waals surface area contributed by atoms with Crippen LogP contribution in [0.5, 0.6) is 0 Å². The molecular formula is C11H20N2. The number of nitrogens with zero attached hydrogens (tertiary/aromatic N) is 2. The molecule has 1 saturated carbocycles. The minimum Gasteiger partial charge on any atom is -0.305 e. The summed E-state index contributed by atoms with van der Waals surface area (Å²) in [5, 5.41) is 8.42. The van der Waals surface area contributed by atoms with Crippen molar-refractivity contribution in [1.29, 1.82) is 5.26 Å². The van der Waals surface area contributed by atoms with E-state index in [1.54, 1.807) is 0 Å². The fourth-order valence-electron chi connectivity index (χ4n) is 2.05. The molecule has 1 aliphatic rings. The van der Waals surface area contributed by atoms with E-state index in [9.17, 15) is 0 Å². The smallest absolute Gasteiger partial charge is 0.0635 e. The van der Waals surface area contributed by atoms with Gasteiger partial charge in [0, 0.05) is 13.0 Å². The SMILES string of the molecule is CN(CCC#N)CCC1CCCC1. The molecule has 0 bridgehead atoms. The van der Waals surface area contributed by atoms with Crippen molar-refractivity contribution < 1.29 is 0 Å². The second kappa shape index (κ2) is 5.99. The van der Waals surface area contributed by atoms with Crippen molar-refractivity contribution >= 4 is 0 Å². The molecule has 0 heterocycles. The second-order valence-electron chi connectivity index (χ2n) is 4.15. The summed E-state index contributed by atoms with van der Waals surface area (Å²) in [6.07, 6.45) is 7.75. The van der Waals surface area contributed by atoms with Gasteiger partial charge in [-0.25, -0.2) is 0 Å². The average Bonchev–Trinajstić information content (AvgIpc) is 2.64. The Morgan fingerprint density at radius 2 is 2.00 bits per heavy atom. The number of nitriles is 1. The van der Waals surface area contributed by atoms with Crippen LogP contribution in [0.15, 0.2) is 0 Å². The molecule has 0 radical (unpaired) electrons. The van der Waals surface area contributed by atoms with Gasteiger partial charge < -0.3 is 4.90 Å². The fourth-order valence-corrected chi connectivity index (χ4v) is 2.05. The zero-order valence-electron chi connectivity index (χ0n) is 8.63. The first-order valence-electron chi connectivity index (χ1n) is 5.38. The van der Waals surface area contributed by atoms with Crippen LogP contribution in [0.4, 0.5) is 0 Å². The van der Waals surface area contributed by atoms with Crippen molar-refractivity contribution in [1.82, 2.24) is 4.90 Å². The maximum Gasteiger partial charge on any atom is 0.0635 e. The Morgan fingerprint density at radius 1 is 1.31 bits per heavy atom. The summed E-state index contributed by atoms with van der Waals surface area (Å²) in [6, 6.07) is 2.18. The normalized spacial score (nSPS) is 17.9. The van der Waals surface area contributed by atoms with E-state index in [4.69, 9.17) is 5.26 Å². The molecule has 1 rings (SSSR count). The van der Waals surface area contributed by atoms with E-state index in [0.29, 0.717) is 6.42 Å². The molecule has 0 aromatic heterocycles. The zero-order valence-corrected chi connectivity index (χ0v) is 8.63. The molecule has 0 atom stereocenters. The summed E-state index contributed by atoms with van der Waals surface area (Å²) >= 11 is 0. The quantitative estimate of drug-likeness (QED) is 0.649. The number of rotatable bonds is 5. The van der Waals surface area contributed by atoms with Crippen LogP contribution in [-0.2, 0) is 0 Å². The molecule has 0 spiro atoms. The summed E-state index contributed by atoms with van der Waals surface area (Å²) < 4.78 is 0. The van der Waals surface area contributed by atoms with Crippen LogP contribution in [0.2, 0.25) is 0 Å². The summed E-state index contributed by atoms with van der Waals surface area (Å²) in [5.41, 5.74) is 0. The van der Waals surface area contributed by atoms with Gasteiger partial charge in [-0.3, -0.25) is 0 Å². The molecule has 0 aliphatic heterocycles. The molecule has 0 saturated heterocycles. The summed E-state index contributed by atoms with van der Waals surface area (Å²) in [7, 11) is 2.12. The lowest BCUT2D eigenvalue weighted by molar-refractivity contribution is 0.306. The van der Waals surface area contributed by atoms with Crippen molar-refractivity contribution in [3.63, 3.8) is 0 Å². The minimum absolute atomic E-state index is 0.668. The van der Waals surface area contributed by atoms with Crippen molar-refractivity contribution in [2.45, 2.75) is 38.5 Å². The lowest BCUT2D eigenvalue weighted by Crippen LogP contribution is -2.22. The van der Waals surface area contributed by atoms with Gasteiger partial charge in [-0.1, -0.05) is 25.7 Å². The van der Waals surface area contributed by atoms with Gasteiger partial charge in [-0.05, 0) is 25.9 Å². The van der Waals surface area contributed by atoms with E-state index >= 15 is 0 Å². The van der Waals surface area contributed by atoms with Crippen LogP contribution in [0.1, 0.15) is 38.5 Å². The molecule has 2 nitrogen and oxygen atoms in total. The van der Waals surface area contributed by atoms with Crippen LogP contribution in [0.25, 0.3) is 0 Å². The molecule has 13 heavy (non-hydrogen) atoms. The molecule has 0 aromatic rings. The fraction of sp³-hybridized carbons (Fsp3) is 0.909.